The fourth-order valence-corrected chi connectivity index (χ4v) is 2.94. The molecule has 0 aliphatic carbocycles. The van der Waals surface area contributed by atoms with Crippen LogP contribution in [0.1, 0.15) is 52.0 Å². The van der Waals surface area contributed by atoms with Crippen LogP contribution in [-0.4, -0.2) is 72.1 Å². The standard InChI is InChI=1S/C19H34N6O2/c1-6-20-19(21-12-16-11-17(14(2)3)23-27-16)25-9-7-24(8-10-25)13-18(26)22-15(4)5/h11,14-15H,6-10,12-13H2,1-5H3,(H,20,21)(H,22,26). The van der Waals surface area contributed by atoms with E-state index >= 15 is 0 Å². The van der Waals surface area contributed by atoms with Crippen molar-refractivity contribution in [2.45, 2.75) is 53.1 Å². The van der Waals surface area contributed by atoms with Gasteiger partial charge in [-0.2, -0.15) is 0 Å². The molecule has 0 aromatic carbocycles. The van der Waals surface area contributed by atoms with Gasteiger partial charge in [-0.05, 0) is 26.7 Å². The Morgan fingerprint density at radius 2 is 1.96 bits per heavy atom. The molecule has 1 aliphatic heterocycles. The number of hydrogen-bond acceptors (Lipinski definition) is 5. The topological polar surface area (TPSA) is 86.0 Å². The second kappa shape index (κ2) is 10.3. The fraction of sp³-hybridized carbons (Fsp3) is 0.737. The van der Waals surface area contributed by atoms with Crippen molar-refractivity contribution in [1.29, 1.82) is 0 Å². The smallest absolute Gasteiger partial charge is 0.234 e. The minimum Gasteiger partial charge on any atom is -0.359 e. The summed E-state index contributed by atoms with van der Waals surface area (Å²) in [6.45, 7) is 15.3. The van der Waals surface area contributed by atoms with Gasteiger partial charge in [0, 0.05) is 44.8 Å². The Balaban J connectivity index is 1.88. The molecule has 2 rings (SSSR count). The van der Waals surface area contributed by atoms with Gasteiger partial charge in [0.1, 0.15) is 6.54 Å². The van der Waals surface area contributed by atoms with Crippen molar-refractivity contribution in [3.63, 3.8) is 0 Å². The van der Waals surface area contributed by atoms with Crippen LogP contribution in [-0.2, 0) is 11.3 Å². The van der Waals surface area contributed by atoms with Gasteiger partial charge in [-0.15, -0.1) is 0 Å². The van der Waals surface area contributed by atoms with E-state index < -0.39 is 0 Å². The van der Waals surface area contributed by atoms with Crippen LogP contribution in [0.25, 0.3) is 0 Å². The molecule has 0 radical (unpaired) electrons. The molecule has 1 aromatic heterocycles. The van der Waals surface area contributed by atoms with Crippen LogP contribution >= 0.6 is 0 Å². The Bertz CT molecular complexity index is 617. The van der Waals surface area contributed by atoms with Gasteiger partial charge in [-0.3, -0.25) is 9.69 Å². The SMILES string of the molecule is CCNC(=NCc1cc(C(C)C)no1)N1CCN(CC(=O)NC(C)C)CC1. The van der Waals surface area contributed by atoms with Crippen molar-refractivity contribution in [2.75, 3.05) is 39.3 Å². The van der Waals surface area contributed by atoms with E-state index in [1.807, 2.05) is 19.9 Å². The van der Waals surface area contributed by atoms with Crippen LogP contribution in [0.2, 0.25) is 0 Å². The first kappa shape index (κ1) is 21.2. The number of amides is 1. The van der Waals surface area contributed by atoms with Gasteiger partial charge in [0.15, 0.2) is 11.7 Å². The van der Waals surface area contributed by atoms with E-state index in [0.717, 1.165) is 50.1 Å². The summed E-state index contributed by atoms with van der Waals surface area (Å²) in [5.74, 6) is 2.09. The van der Waals surface area contributed by atoms with E-state index in [1.54, 1.807) is 0 Å². The molecule has 8 heteroatoms. The van der Waals surface area contributed by atoms with Gasteiger partial charge < -0.3 is 20.1 Å². The molecule has 0 atom stereocenters. The number of rotatable bonds is 7. The maximum atomic E-state index is 11.9. The molecular weight excluding hydrogens is 344 g/mol. The number of aromatic nitrogens is 1. The summed E-state index contributed by atoms with van der Waals surface area (Å²) in [6, 6.07) is 2.15. The van der Waals surface area contributed by atoms with E-state index in [-0.39, 0.29) is 11.9 Å². The number of hydrogen-bond donors (Lipinski definition) is 2. The summed E-state index contributed by atoms with van der Waals surface area (Å²) < 4.78 is 5.38. The lowest BCUT2D eigenvalue weighted by Crippen LogP contribution is -2.54. The second-order valence-electron chi connectivity index (χ2n) is 7.53. The van der Waals surface area contributed by atoms with Gasteiger partial charge in [-0.1, -0.05) is 19.0 Å². The monoisotopic (exact) mass is 378 g/mol. The number of nitrogens with zero attached hydrogens (tertiary/aromatic N) is 4. The Labute approximate surface area is 162 Å². The van der Waals surface area contributed by atoms with Crippen LogP contribution in [0.5, 0.6) is 0 Å². The van der Waals surface area contributed by atoms with Gasteiger partial charge >= 0.3 is 0 Å². The van der Waals surface area contributed by atoms with Gasteiger partial charge in [0.2, 0.25) is 5.91 Å². The van der Waals surface area contributed by atoms with Gasteiger partial charge in [-0.25, -0.2) is 4.99 Å². The zero-order valence-electron chi connectivity index (χ0n) is 17.3. The number of carbonyl (C=O) groups excluding carboxylic acids is 1. The quantitative estimate of drug-likeness (QED) is 0.551. The molecule has 0 unspecified atom stereocenters. The molecule has 0 bridgehead atoms. The third-order valence-electron chi connectivity index (χ3n) is 4.38. The molecule has 1 fully saturated rings. The first-order chi connectivity index (χ1) is 12.9. The number of piperazine rings is 1. The second-order valence-corrected chi connectivity index (χ2v) is 7.53. The van der Waals surface area contributed by atoms with E-state index in [1.165, 1.54) is 0 Å². The fourth-order valence-electron chi connectivity index (χ4n) is 2.94. The van der Waals surface area contributed by atoms with Crippen molar-refractivity contribution in [2.24, 2.45) is 4.99 Å². The lowest BCUT2D eigenvalue weighted by Gasteiger charge is -2.36. The van der Waals surface area contributed by atoms with Gasteiger partial charge in [0.25, 0.3) is 0 Å². The number of carbonyl (C=O) groups is 1. The number of aliphatic imine (C=N–C) groups is 1. The lowest BCUT2D eigenvalue weighted by atomic mass is 10.1. The molecule has 1 aromatic rings. The Morgan fingerprint density at radius 1 is 1.26 bits per heavy atom. The molecule has 27 heavy (non-hydrogen) atoms. The van der Waals surface area contributed by atoms with E-state index in [9.17, 15) is 4.79 Å². The van der Waals surface area contributed by atoms with Crippen molar-refractivity contribution < 1.29 is 9.32 Å². The van der Waals surface area contributed by atoms with E-state index in [4.69, 9.17) is 9.52 Å². The first-order valence-electron chi connectivity index (χ1n) is 9.89. The first-order valence-corrected chi connectivity index (χ1v) is 9.89. The van der Waals surface area contributed by atoms with Crippen molar-refractivity contribution in [1.82, 2.24) is 25.6 Å². The van der Waals surface area contributed by atoms with Crippen LogP contribution < -0.4 is 10.6 Å². The number of guanidine groups is 1. The minimum atomic E-state index is 0.0882. The van der Waals surface area contributed by atoms with E-state index in [0.29, 0.717) is 19.0 Å². The zero-order chi connectivity index (χ0) is 19.8. The molecule has 152 valence electrons. The van der Waals surface area contributed by atoms with Crippen molar-refractivity contribution in [3.8, 4) is 0 Å². The molecule has 8 nitrogen and oxygen atoms in total. The third kappa shape index (κ3) is 6.86. The van der Waals surface area contributed by atoms with Crippen molar-refractivity contribution in [3.05, 3.63) is 17.5 Å². The minimum absolute atomic E-state index is 0.0882. The highest BCUT2D eigenvalue weighted by Gasteiger charge is 2.21. The molecule has 0 spiro atoms. The molecule has 1 amide bonds. The average Bonchev–Trinajstić information content (AvgIpc) is 3.08. The Hall–Kier alpha value is -2.09. The predicted molar refractivity (Wildman–Crippen MR) is 107 cm³/mol. The average molecular weight is 379 g/mol. The summed E-state index contributed by atoms with van der Waals surface area (Å²) in [7, 11) is 0. The van der Waals surface area contributed by atoms with Crippen molar-refractivity contribution >= 4 is 11.9 Å². The normalized spacial score (nSPS) is 16.3. The van der Waals surface area contributed by atoms with Gasteiger partial charge in [0.05, 0.1) is 12.2 Å². The summed E-state index contributed by atoms with van der Waals surface area (Å²) in [5.41, 5.74) is 0.957. The largest absolute Gasteiger partial charge is 0.359 e. The molecule has 0 saturated carbocycles. The van der Waals surface area contributed by atoms with E-state index in [2.05, 4.69) is 46.4 Å². The van der Waals surface area contributed by atoms with Crippen LogP contribution in [0.3, 0.4) is 0 Å². The highest BCUT2D eigenvalue weighted by atomic mass is 16.5. The summed E-state index contributed by atoms with van der Waals surface area (Å²) in [4.78, 5) is 21.1. The molecule has 2 N–H and O–H groups in total. The van der Waals surface area contributed by atoms with Crippen LogP contribution in [0.15, 0.2) is 15.6 Å². The summed E-state index contributed by atoms with van der Waals surface area (Å²) >= 11 is 0. The highest BCUT2D eigenvalue weighted by Crippen LogP contribution is 2.14. The van der Waals surface area contributed by atoms with Crippen LogP contribution in [0.4, 0.5) is 0 Å². The third-order valence-corrected chi connectivity index (χ3v) is 4.38. The zero-order valence-corrected chi connectivity index (χ0v) is 17.3. The predicted octanol–water partition coefficient (Wildman–Crippen LogP) is 1.41. The molecule has 1 aliphatic rings. The maximum Gasteiger partial charge on any atom is 0.234 e. The Kier molecular flexibility index (Phi) is 8.09. The lowest BCUT2D eigenvalue weighted by molar-refractivity contribution is -0.123. The maximum absolute atomic E-state index is 11.9. The molecule has 1 saturated heterocycles. The number of nitrogens with one attached hydrogen (secondary N) is 2. The highest BCUT2D eigenvalue weighted by molar-refractivity contribution is 5.80. The summed E-state index contributed by atoms with van der Waals surface area (Å²) in [5, 5.41) is 10.4. The Morgan fingerprint density at radius 3 is 2.52 bits per heavy atom. The molecular formula is C19H34N6O2. The molecule has 2 heterocycles. The summed E-state index contributed by atoms with van der Waals surface area (Å²) in [6.07, 6.45) is 0. The van der Waals surface area contributed by atoms with Crippen LogP contribution in [0, 0.1) is 0 Å².